The van der Waals surface area contributed by atoms with E-state index in [1.54, 1.807) is 7.11 Å². The molecule has 4 heteroatoms. The van der Waals surface area contributed by atoms with Crippen LogP contribution in [0.3, 0.4) is 0 Å². The summed E-state index contributed by atoms with van der Waals surface area (Å²) in [5.41, 5.74) is 1.17. The fraction of sp³-hybridized carbons (Fsp3) is 0.400. The van der Waals surface area contributed by atoms with Crippen molar-refractivity contribution < 1.29 is 4.74 Å². The highest BCUT2D eigenvalue weighted by Crippen LogP contribution is 2.17. The Kier molecular flexibility index (Phi) is 7.17. The van der Waals surface area contributed by atoms with Crippen molar-refractivity contribution in [1.29, 1.82) is 0 Å². The average molecular weight is 261 g/mol. The summed E-state index contributed by atoms with van der Waals surface area (Å²) in [6.07, 6.45) is 2.67. The maximum Gasteiger partial charge on any atom is 0.191 e. The van der Waals surface area contributed by atoms with Crippen molar-refractivity contribution in [3.05, 3.63) is 42.5 Å². The van der Waals surface area contributed by atoms with Gasteiger partial charge < -0.3 is 15.4 Å². The Hall–Kier alpha value is -1.97. The van der Waals surface area contributed by atoms with Crippen LogP contribution < -0.4 is 15.4 Å². The minimum absolute atomic E-state index is 0.709. The molecule has 0 radical (unpaired) electrons. The van der Waals surface area contributed by atoms with E-state index in [1.807, 2.05) is 31.2 Å². The fourth-order valence-corrected chi connectivity index (χ4v) is 1.71. The first kappa shape index (κ1) is 15.1. The molecule has 0 aliphatic rings. The molecule has 0 bridgehead atoms. The van der Waals surface area contributed by atoms with Gasteiger partial charge in [-0.25, -0.2) is 0 Å². The maximum atomic E-state index is 5.32. The van der Waals surface area contributed by atoms with Gasteiger partial charge in [0.15, 0.2) is 5.96 Å². The van der Waals surface area contributed by atoms with Gasteiger partial charge in [-0.05, 0) is 25.0 Å². The zero-order valence-corrected chi connectivity index (χ0v) is 11.8. The molecule has 104 valence electrons. The maximum absolute atomic E-state index is 5.32. The van der Waals surface area contributed by atoms with Gasteiger partial charge in [0.25, 0.3) is 0 Å². The van der Waals surface area contributed by atoms with Crippen LogP contribution >= 0.6 is 0 Å². The van der Waals surface area contributed by atoms with Crippen LogP contribution in [0.2, 0.25) is 0 Å². The van der Waals surface area contributed by atoms with E-state index < -0.39 is 0 Å². The number of guanidine groups is 1. The third kappa shape index (κ3) is 5.46. The summed E-state index contributed by atoms with van der Waals surface area (Å²) in [5.74, 6) is 1.74. The molecule has 0 heterocycles. The van der Waals surface area contributed by atoms with Crippen molar-refractivity contribution in [3.63, 3.8) is 0 Å². The van der Waals surface area contributed by atoms with Gasteiger partial charge in [-0.1, -0.05) is 24.3 Å². The molecule has 1 rings (SSSR count). The predicted octanol–water partition coefficient (Wildman–Crippen LogP) is 1.98. The second-order valence-corrected chi connectivity index (χ2v) is 3.99. The van der Waals surface area contributed by atoms with E-state index in [1.165, 1.54) is 5.56 Å². The Labute approximate surface area is 115 Å². The van der Waals surface area contributed by atoms with Gasteiger partial charge in [0, 0.05) is 19.6 Å². The SMILES string of the molecule is C=CCNC(=NCCc1ccccc1OC)NCC. The average Bonchev–Trinajstić information content (AvgIpc) is 2.45. The third-order valence-electron chi connectivity index (χ3n) is 2.60. The summed E-state index contributed by atoms with van der Waals surface area (Å²) in [6.45, 7) is 8.00. The molecule has 0 amide bonds. The van der Waals surface area contributed by atoms with Crippen LogP contribution in [0.15, 0.2) is 41.9 Å². The molecule has 0 atom stereocenters. The van der Waals surface area contributed by atoms with Crippen LogP contribution in [-0.4, -0.2) is 32.7 Å². The summed E-state index contributed by atoms with van der Waals surface area (Å²) < 4.78 is 5.32. The number of hydrogen-bond donors (Lipinski definition) is 2. The lowest BCUT2D eigenvalue weighted by atomic mass is 10.1. The topological polar surface area (TPSA) is 45.7 Å². The molecule has 2 N–H and O–H groups in total. The summed E-state index contributed by atoms with van der Waals surface area (Å²) in [5, 5.41) is 6.37. The lowest BCUT2D eigenvalue weighted by molar-refractivity contribution is 0.410. The predicted molar refractivity (Wildman–Crippen MR) is 80.9 cm³/mol. The number of methoxy groups -OCH3 is 1. The molecular formula is C15H23N3O. The molecule has 0 fully saturated rings. The molecule has 0 spiro atoms. The number of para-hydroxylation sites is 1. The standard InChI is InChI=1S/C15H23N3O/c1-4-11-17-15(16-5-2)18-12-10-13-8-6-7-9-14(13)19-3/h4,6-9H,1,5,10-12H2,2-3H3,(H2,16,17,18). The van der Waals surface area contributed by atoms with E-state index >= 15 is 0 Å². The van der Waals surface area contributed by atoms with Crippen LogP contribution in [0, 0.1) is 0 Å². The summed E-state index contributed by atoms with van der Waals surface area (Å²) >= 11 is 0. The number of rotatable bonds is 7. The first-order chi connectivity index (χ1) is 9.31. The molecule has 0 aromatic heterocycles. The summed E-state index contributed by atoms with van der Waals surface area (Å²) in [7, 11) is 1.69. The Morgan fingerprint density at radius 3 is 2.84 bits per heavy atom. The highest BCUT2D eigenvalue weighted by atomic mass is 16.5. The number of hydrogen-bond acceptors (Lipinski definition) is 2. The van der Waals surface area contributed by atoms with E-state index in [-0.39, 0.29) is 0 Å². The molecule has 1 aromatic rings. The molecule has 1 aromatic carbocycles. The van der Waals surface area contributed by atoms with Gasteiger partial charge in [-0.3, -0.25) is 4.99 Å². The van der Waals surface area contributed by atoms with Gasteiger partial charge in [-0.2, -0.15) is 0 Å². The van der Waals surface area contributed by atoms with E-state index in [4.69, 9.17) is 4.74 Å². The van der Waals surface area contributed by atoms with Gasteiger partial charge in [-0.15, -0.1) is 6.58 Å². The second-order valence-electron chi connectivity index (χ2n) is 3.99. The monoisotopic (exact) mass is 261 g/mol. The van der Waals surface area contributed by atoms with Gasteiger partial charge in [0.05, 0.1) is 7.11 Å². The van der Waals surface area contributed by atoms with E-state index in [9.17, 15) is 0 Å². The van der Waals surface area contributed by atoms with Crippen molar-refractivity contribution in [2.75, 3.05) is 26.7 Å². The van der Waals surface area contributed by atoms with E-state index in [0.29, 0.717) is 13.1 Å². The van der Waals surface area contributed by atoms with Crippen LogP contribution in [-0.2, 0) is 6.42 Å². The van der Waals surface area contributed by atoms with Crippen LogP contribution in [0.5, 0.6) is 5.75 Å². The molecule has 0 aliphatic heterocycles. The van der Waals surface area contributed by atoms with Crippen molar-refractivity contribution in [2.24, 2.45) is 4.99 Å². The zero-order valence-electron chi connectivity index (χ0n) is 11.8. The van der Waals surface area contributed by atoms with Gasteiger partial charge in [0.1, 0.15) is 5.75 Å². The van der Waals surface area contributed by atoms with Crippen molar-refractivity contribution in [1.82, 2.24) is 10.6 Å². The molecule has 19 heavy (non-hydrogen) atoms. The quantitative estimate of drug-likeness (QED) is 0.448. The Balaban J connectivity index is 2.55. The van der Waals surface area contributed by atoms with Crippen LogP contribution in [0.4, 0.5) is 0 Å². The first-order valence-corrected chi connectivity index (χ1v) is 6.56. The van der Waals surface area contributed by atoms with Gasteiger partial charge >= 0.3 is 0 Å². The second kappa shape index (κ2) is 9.03. The molecule has 0 aliphatic carbocycles. The molecule has 0 saturated carbocycles. The third-order valence-corrected chi connectivity index (χ3v) is 2.60. The number of benzene rings is 1. The Morgan fingerprint density at radius 1 is 1.37 bits per heavy atom. The fourth-order valence-electron chi connectivity index (χ4n) is 1.71. The molecule has 0 unspecified atom stereocenters. The van der Waals surface area contributed by atoms with E-state index in [2.05, 4.69) is 28.3 Å². The van der Waals surface area contributed by atoms with Crippen LogP contribution in [0.25, 0.3) is 0 Å². The van der Waals surface area contributed by atoms with E-state index in [0.717, 1.165) is 24.7 Å². The van der Waals surface area contributed by atoms with Crippen molar-refractivity contribution >= 4 is 5.96 Å². The van der Waals surface area contributed by atoms with Crippen molar-refractivity contribution in [2.45, 2.75) is 13.3 Å². The Bertz CT molecular complexity index is 416. The number of nitrogens with zero attached hydrogens (tertiary/aromatic N) is 1. The minimum atomic E-state index is 0.709. The van der Waals surface area contributed by atoms with Crippen LogP contribution in [0.1, 0.15) is 12.5 Å². The lowest BCUT2D eigenvalue weighted by Gasteiger charge is -2.10. The highest BCUT2D eigenvalue weighted by Gasteiger charge is 2.01. The first-order valence-electron chi connectivity index (χ1n) is 6.56. The zero-order chi connectivity index (χ0) is 13.9. The number of aliphatic imine (C=N–C) groups is 1. The van der Waals surface area contributed by atoms with Gasteiger partial charge in [0.2, 0.25) is 0 Å². The lowest BCUT2D eigenvalue weighted by Crippen LogP contribution is -2.37. The highest BCUT2D eigenvalue weighted by molar-refractivity contribution is 5.79. The molecular weight excluding hydrogens is 238 g/mol. The molecule has 0 saturated heterocycles. The number of nitrogens with one attached hydrogen (secondary N) is 2. The summed E-state index contributed by atoms with van der Waals surface area (Å²) in [4.78, 5) is 4.51. The normalized spacial score (nSPS) is 10.9. The largest absolute Gasteiger partial charge is 0.496 e. The smallest absolute Gasteiger partial charge is 0.191 e. The summed E-state index contributed by atoms with van der Waals surface area (Å²) in [6, 6.07) is 8.03. The van der Waals surface area contributed by atoms with Crippen molar-refractivity contribution in [3.8, 4) is 5.75 Å². The Morgan fingerprint density at radius 2 is 2.16 bits per heavy atom. The number of ether oxygens (including phenoxy) is 1. The molecule has 4 nitrogen and oxygen atoms in total. The minimum Gasteiger partial charge on any atom is -0.496 e.